The lowest BCUT2D eigenvalue weighted by Crippen LogP contribution is -2.23. The van der Waals surface area contributed by atoms with Crippen LogP contribution in [-0.4, -0.2) is 26.7 Å². The summed E-state index contributed by atoms with van der Waals surface area (Å²) in [6, 6.07) is 12.4. The highest BCUT2D eigenvalue weighted by atomic mass is 32.1. The molecule has 0 amide bonds. The van der Waals surface area contributed by atoms with Crippen molar-refractivity contribution in [3.63, 3.8) is 0 Å². The smallest absolute Gasteiger partial charge is 0.268 e. The molecule has 1 aliphatic heterocycles. The number of hydrogen-bond acceptors (Lipinski definition) is 5. The lowest BCUT2D eigenvalue weighted by atomic mass is 9.91. The van der Waals surface area contributed by atoms with Crippen LogP contribution in [0, 0.1) is 6.92 Å². The second-order valence-electron chi connectivity index (χ2n) is 6.92. The quantitative estimate of drug-likeness (QED) is 0.510. The van der Waals surface area contributed by atoms with Crippen LogP contribution in [-0.2, 0) is 0 Å². The Hall–Kier alpha value is -2.77. The molecule has 6 nitrogen and oxygen atoms in total. The van der Waals surface area contributed by atoms with Gasteiger partial charge < -0.3 is 10.3 Å². The van der Waals surface area contributed by atoms with E-state index in [0.29, 0.717) is 16.4 Å². The van der Waals surface area contributed by atoms with Crippen molar-refractivity contribution >= 4 is 21.6 Å². The van der Waals surface area contributed by atoms with Gasteiger partial charge in [-0.25, -0.2) is 4.98 Å². The first-order chi connectivity index (χ1) is 13.2. The summed E-state index contributed by atoms with van der Waals surface area (Å²) in [6.07, 6.45) is 2.82. The van der Waals surface area contributed by atoms with E-state index in [1.807, 2.05) is 19.1 Å². The van der Waals surface area contributed by atoms with Crippen LogP contribution < -0.4 is 10.9 Å². The Labute approximate surface area is 159 Å². The first kappa shape index (κ1) is 16.4. The van der Waals surface area contributed by atoms with Crippen molar-refractivity contribution in [2.24, 2.45) is 0 Å². The van der Waals surface area contributed by atoms with Gasteiger partial charge in [0.2, 0.25) is 0 Å². The number of fused-ring (bicyclic) bond motifs is 1. The third kappa shape index (κ3) is 2.79. The van der Waals surface area contributed by atoms with Crippen molar-refractivity contribution in [3.05, 3.63) is 70.0 Å². The predicted octanol–water partition coefficient (Wildman–Crippen LogP) is 3.50. The zero-order valence-electron chi connectivity index (χ0n) is 14.8. The van der Waals surface area contributed by atoms with Crippen LogP contribution in [0.25, 0.3) is 20.7 Å². The molecule has 0 bridgehead atoms. The number of nitrogens with zero attached hydrogens (tertiary/aromatic N) is 2. The number of nitrogens with one attached hydrogen (secondary N) is 3. The van der Waals surface area contributed by atoms with E-state index in [9.17, 15) is 4.79 Å². The number of thiophene rings is 1. The predicted molar refractivity (Wildman–Crippen MR) is 107 cm³/mol. The molecule has 0 radical (unpaired) electrons. The molecule has 0 aliphatic carbocycles. The molecule has 3 aromatic heterocycles. The Morgan fingerprint density at radius 2 is 2.07 bits per heavy atom. The Morgan fingerprint density at radius 1 is 1.22 bits per heavy atom. The monoisotopic (exact) mass is 377 g/mol. The molecular weight excluding hydrogens is 358 g/mol. The van der Waals surface area contributed by atoms with Gasteiger partial charge in [0.25, 0.3) is 5.56 Å². The Morgan fingerprint density at radius 3 is 2.85 bits per heavy atom. The third-order valence-corrected chi connectivity index (χ3v) is 6.40. The molecule has 1 saturated heterocycles. The summed E-state index contributed by atoms with van der Waals surface area (Å²) >= 11 is 1.46. The fraction of sp³-hybridized carbons (Fsp3) is 0.250. The zero-order chi connectivity index (χ0) is 18.4. The minimum atomic E-state index is -0.0760. The Bertz CT molecular complexity index is 1160. The molecule has 136 valence electrons. The van der Waals surface area contributed by atoms with Gasteiger partial charge in [-0.1, -0.05) is 30.3 Å². The molecule has 27 heavy (non-hydrogen) atoms. The summed E-state index contributed by atoms with van der Waals surface area (Å²) in [5.74, 6) is 1.02. The normalized spacial score (nSPS) is 19.7. The van der Waals surface area contributed by atoms with Crippen LogP contribution in [0.5, 0.6) is 0 Å². The highest BCUT2D eigenvalue weighted by Crippen LogP contribution is 2.37. The SMILES string of the molecule is Cc1[nH]ncc1-c1cc2nc(C3NCCC3c3ccccc3)[nH]c(=O)c2s1. The molecule has 1 aliphatic rings. The van der Waals surface area contributed by atoms with Gasteiger partial charge in [0.1, 0.15) is 10.5 Å². The van der Waals surface area contributed by atoms with Gasteiger partial charge in [0.05, 0.1) is 17.8 Å². The minimum absolute atomic E-state index is 0.0171. The Balaban J connectivity index is 1.58. The van der Waals surface area contributed by atoms with Crippen LogP contribution in [0.3, 0.4) is 0 Å². The van der Waals surface area contributed by atoms with Crippen molar-refractivity contribution in [2.75, 3.05) is 6.54 Å². The lowest BCUT2D eigenvalue weighted by Gasteiger charge is -2.19. The fourth-order valence-corrected chi connectivity index (χ4v) is 4.95. The number of rotatable bonds is 3. The van der Waals surface area contributed by atoms with Crippen LogP contribution in [0.15, 0.2) is 47.4 Å². The molecule has 3 N–H and O–H groups in total. The van der Waals surface area contributed by atoms with E-state index >= 15 is 0 Å². The highest BCUT2D eigenvalue weighted by molar-refractivity contribution is 7.22. The molecule has 2 unspecified atom stereocenters. The van der Waals surface area contributed by atoms with Gasteiger partial charge in [-0.05, 0) is 31.5 Å². The highest BCUT2D eigenvalue weighted by Gasteiger charge is 2.31. The largest absolute Gasteiger partial charge is 0.308 e. The maximum Gasteiger partial charge on any atom is 0.268 e. The number of H-pyrrole nitrogens is 2. The minimum Gasteiger partial charge on any atom is -0.308 e. The van der Waals surface area contributed by atoms with Crippen molar-refractivity contribution in [1.29, 1.82) is 0 Å². The van der Waals surface area contributed by atoms with E-state index < -0.39 is 0 Å². The number of hydrogen-bond donors (Lipinski definition) is 3. The maximum absolute atomic E-state index is 12.7. The average molecular weight is 377 g/mol. The number of aromatic nitrogens is 4. The standard InChI is InChI=1S/C20H19N5OS/c1-11-14(10-22-25-11)16-9-15-18(27-16)20(26)24-19(23-15)17-13(7-8-21-17)12-5-3-2-4-6-12/h2-6,9-10,13,17,21H,7-8H2,1H3,(H,22,25)(H,23,24,26). The first-order valence-corrected chi connectivity index (χ1v) is 9.85. The van der Waals surface area contributed by atoms with Gasteiger partial charge in [0, 0.05) is 22.1 Å². The first-order valence-electron chi connectivity index (χ1n) is 9.03. The summed E-state index contributed by atoms with van der Waals surface area (Å²) < 4.78 is 0.656. The second kappa shape index (κ2) is 6.44. The summed E-state index contributed by atoms with van der Waals surface area (Å²) in [6.45, 7) is 2.89. The second-order valence-corrected chi connectivity index (χ2v) is 7.97. The van der Waals surface area contributed by atoms with Gasteiger partial charge in [-0.3, -0.25) is 9.89 Å². The molecule has 2 atom stereocenters. The van der Waals surface area contributed by atoms with Crippen LogP contribution >= 0.6 is 11.3 Å². The van der Waals surface area contributed by atoms with Gasteiger partial charge >= 0.3 is 0 Å². The Kier molecular flexibility index (Phi) is 3.91. The zero-order valence-corrected chi connectivity index (χ0v) is 15.6. The van der Waals surface area contributed by atoms with E-state index in [1.165, 1.54) is 16.9 Å². The molecule has 7 heteroatoms. The van der Waals surface area contributed by atoms with Gasteiger partial charge in [-0.15, -0.1) is 11.3 Å². The van der Waals surface area contributed by atoms with Crippen LogP contribution in [0.2, 0.25) is 0 Å². The van der Waals surface area contributed by atoms with E-state index in [0.717, 1.165) is 34.6 Å². The molecule has 0 saturated carbocycles. The maximum atomic E-state index is 12.7. The molecule has 1 aromatic carbocycles. The summed E-state index contributed by atoms with van der Waals surface area (Å²) in [5.41, 5.74) is 3.94. The fourth-order valence-electron chi connectivity index (χ4n) is 3.89. The van der Waals surface area contributed by atoms with Crippen molar-refractivity contribution in [3.8, 4) is 10.4 Å². The van der Waals surface area contributed by atoms with Crippen molar-refractivity contribution in [2.45, 2.75) is 25.3 Å². The summed E-state index contributed by atoms with van der Waals surface area (Å²) in [7, 11) is 0. The van der Waals surface area contributed by atoms with E-state index in [-0.39, 0.29) is 11.6 Å². The van der Waals surface area contributed by atoms with Gasteiger partial charge in [-0.2, -0.15) is 5.10 Å². The van der Waals surface area contributed by atoms with E-state index in [2.05, 4.69) is 44.8 Å². The van der Waals surface area contributed by atoms with Crippen molar-refractivity contribution < 1.29 is 0 Å². The van der Waals surface area contributed by atoms with E-state index in [1.54, 1.807) is 6.20 Å². The third-order valence-electron chi connectivity index (χ3n) is 5.24. The number of benzene rings is 1. The molecule has 0 spiro atoms. The molecule has 5 rings (SSSR count). The summed E-state index contributed by atoms with van der Waals surface area (Å²) in [5, 5.41) is 10.5. The van der Waals surface area contributed by atoms with Crippen molar-refractivity contribution in [1.82, 2.24) is 25.5 Å². The number of aromatic amines is 2. The number of aryl methyl sites for hydroxylation is 1. The van der Waals surface area contributed by atoms with Gasteiger partial charge in [0.15, 0.2) is 0 Å². The van der Waals surface area contributed by atoms with E-state index in [4.69, 9.17) is 4.98 Å². The molecule has 1 fully saturated rings. The molecule has 4 aromatic rings. The van der Waals surface area contributed by atoms with Crippen LogP contribution in [0.4, 0.5) is 0 Å². The molecular formula is C20H19N5OS. The lowest BCUT2D eigenvalue weighted by molar-refractivity contribution is 0.546. The summed E-state index contributed by atoms with van der Waals surface area (Å²) in [4.78, 5) is 21.6. The topological polar surface area (TPSA) is 86.5 Å². The molecule has 4 heterocycles. The van der Waals surface area contributed by atoms with Crippen LogP contribution in [0.1, 0.15) is 35.5 Å². The average Bonchev–Trinajstić information content (AvgIpc) is 3.41.